The number of thiazole rings is 1. The zero-order valence-corrected chi connectivity index (χ0v) is 15.4. The van der Waals surface area contributed by atoms with Gasteiger partial charge in [0.2, 0.25) is 0 Å². The van der Waals surface area contributed by atoms with Gasteiger partial charge in [0.25, 0.3) is 5.91 Å². The van der Waals surface area contributed by atoms with E-state index >= 15 is 0 Å². The predicted molar refractivity (Wildman–Crippen MR) is 93.2 cm³/mol. The third-order valence-electron chi connectivity index (χ3n) is 3.63. The highest BCUT2D eigenvalue weighted by atomic mass is 35.5. The lowest BCUT2D eigenvalue weighted by Gasteiger charge is -2.30. The van der Waals surface area contributed by atoms with Crippen molar-refractivity contribution in [1.82, 2.24) is 15.6 Å². The van der Waals surface area contributed by atoms with Gasteiger partial charge in [0.1, 0.15) is 4.88 Å². The number of aromatic nitrogens is 1. The van der Waals surface area contributed by atoms with Gasteiger partial charge < -0.3 is 10.6 Å². The molecule has 1 aliphatic heterocycles. The lowest BCUT2D eigenvalue weighted by molar-refractivity contribution is 0.0917. The van der Waals surface area contributed by atoms with Crippen molar-refractivity contribution in [2.75, 3.05) is 13.1 Å². The quantitative estimate of drug-likeness (QED) is 0.858. The SMILES string of the molecule is CC1CCNCC1NC(=O)c1scnc1C(C)(C)C.Cl.Cl. The minimum atomic E-state index is -0.0941. The Morgan fingerprint density at radius 2 is 2.10 bits per heavy atom. The van der Waals surface area contributed by atoms with Gasteiger partial charge in [-0.25, -0.2) is 4.98 Å². The molecule has 0 radical (unpaired) electrons. The zero-order valence-electron chi connectivity index (χ0n) is 12.9. The molecular weight excluding hydrogens is 329 g/mol. The number of carbonyl (C=O) groups excluding carboxylic acids is 1. The Labute approximate surface area is 143 Å². The summed E-state index contributed by atoms with van der Waals surface area (Å²) < 4.78 is 0. The van der Waals surface area contributed by atoms with Gasteiger partial charge in [-0.1, -0.05) is 27.7 Å². The molecule has 2 unspecified atom stereocenters. The van der Waals surface area contributed by atoms with Gasteiger partial charge in [0.05, 0.1) is 11.2 Å². The number of hydrogen-bond donors (Lipinski definition) is 2. The number of halogens is 2. The molecule has 2 rings (SSSR count). The molecule has 1 fully saturated rings. The first-order chi connectivity index (χ1) is 8.89. The highest BCUT2D eigenvalue weighted by Gasteiger charge is 2.28. The van der Waals surface area contributed by atoms with Crippen molar-refractivity contribution in [3.8, 4) is 0 Å². The molecule has 0 aromatic carbocycles. The van der Waals surface area contributed by atoms with E-state index in [9.17, 15) is 4.79 Å². The third-order valence-corrected chi connectivity index (χ3v) is 4.45. The smallest absolute Gasteiger partial charge is 0.263 e. The summed E-state index contributed by atoms with van der Waals surface area (Å²) in [4.78, 5) is 17.5. The Kier molecular flexibility index (Phi) is 8.18. The maximum absolute atomic E-state index is 12.4. The number of carbonyl (C=O) groups is 1. The van der Waals surface area contributed by atoms with Gasteiger partial charge in [0.15, 0.2) is 0 Å². The van der Waals surface area contributed by atoms with Gasteiger partial charge in [-0.15, -0.1) is 36.2 Å². The number of rotatable bonds is 2. The fourth-order valence-corrected chi connectivity index (χ4v) is 3.26. The van der Waals surface area contributed by atoms with Gasteiger partial charge >= 0.3 is 0 Å². The average Bonchev–Trinajstić information content (AvgIpc) is 2.81. The molecule has 2 atom stereocenters. The van der Waals surface area contributed by atoms with E-state index in [0.29, 0.717) is 5.92 Å². The van der Waals surface area contributed by atoms with Gasteiger partial charge in [-0.3, -0.25) is 4.79 Å². The first kappa shape index (κ1) is 20.6. The van der Waals surface area contributed by atoms with Crippen molar-refractivity contribution in [1.29, 1.82) is 0 Å². The minimum absolute atomic E-state index is 0. The Morgan fingerprint density at radius 1 is 1.43 bits per heavy atom. The van der Waals surface area contributed by atoms with Crippen LogP contribution in [0.3, 0.4) is 0 Å². The van der Waals surface area contributed by atoms with Crippen LogP contribution < -0.4 is 10.6 Å². The molecule has 0 bridgehead atoms. The summed E-state index contributed by atoms with van der Waals surface area (Å²) in [5.41, 5.74) is 2.56. The molecule has 2 N–H and O–H groups in total. The van der Waals surface area contributed by atoms with E-state index in [2.05, 4.69) is 43.3 Å². The van der Waals surface area contributed by atoms with E-state index in [1.54, 1.807) is 5.51 Å². The first-order valence-electron chi connectivity index (χ1n) is 6.85. The molecule has 2 heterocycles. The number of hydrogen-bond acceptors (Lipinski definition) is 4. The van der Waals surface area contributed by atoms with Gasteiger partial charge in [0, 0.05) is 18.0 Å². The summed E-state index contributed by atoms with van der Waals surface area (Å²) in [5.74, 6) is 0.546. The van der Waals surface area contributed by atoms with Crippen LogP contribution in [0.25, 0.3) is 0 Å². The first-order valence-corrected chi connectivity index (χ1v) is 7.73. The average molecular weight is 354 g/mol. The molecule has 1 aromatic rings. The van der Waals surface area contributed by atoms with Crippen molar-refractivity contribution in [2.45, 2.75) is 45.6 Å². The van der Waals surface area contributed by atoms with E-state index in [-0.39, 0.29) is 42.2 Å². The molecule has 122 valence electrons. The van der Waals surface area contributed by atoms with Crippen molar-refractivity contribution in [3.63, 3.8) is 0 Å². The molecule has 1 aromatic heterocycles. The maximum atomic E-state index is 12.4. The molecule has 1 aliphatic rings. The van der Waals surface area contributed by atoms with E-state index in [1.807, 2.05) is 0 Å². The van der Waals surface area contributed by atoms with Gasteiger partial charge in [-0.2, -0.15) is 0 Å². The number of amides is 1. The van der Waals surface area contributed by atoms with Crippen LogP contribution in [-0.4, -0.2) is 30.0 Å². The Bertz CT molecular complexity index is 459. The van der Waals surface area contributed by atoms with Crippen molar-refractivity contribution >= 4 is 42.1 Å². The summed E-state index contributed by atoms with van der Waals surface area (Å²) >= 11 is 1.43. The van der Waals surface area contributed by atoms with Crippen molar-refractivity contribution in [2.24, 2.45) is 5.92 Å². The summed E-state index contributed by atoms with van der Waals surface area (Å²) in [6.45, 7) is 10.4. The molecule has 0 aliphatic carbocycles. The number of nitrogens with zero attached hydrogens (tertiary/aromatic N) is 1. The van der Waals surface area contributed by atoms with Crippen LogP contribution in [0.1, 0.15) is 49.5 Å². The molecule has 0 saturated carbocycles. The number of piperidine rings is 1. The highest BCUT2D eigenvalue weighted by Crippen LogP contribution is 2.27. The van der Waals surface area contributed by atoms with Crippen LogP contribution in [0.2, 0.25) is 0 Å². The second kappa shape index (κ2) is 8.32. The largest absolute Gasteiger partial charge is 0.347 e. The van der Waals surface area contributed by atoms with E-state index in [0.717, 1.165) is 30.1 Å². The second-order valence-electron chi connectivity index (χ2n) is 6.33. The number of nitrogens with one attached hydrogen (secondary N) is 2. The third kappa shape index (κ3) is 5.09. The van der Waals surface area contributed by atoms with Crippen LogP contribution in [-0.2, 0) is 5.41 Å². The Morgan fingerprint density at radius 3 is 2.67 bits per heavy atom. The Hall–Kier alpha value is -0.360. The molecular formula is C14H25Cl2N3OS. The summed E-state index contributed by atoms with van der Waals surface area (Å²) in [6.07, 6.45) is 1.11. The van der Waals surface area contributed by atoms with Gasteiger partial charge in [-0.05, 0) is 18.9 Å². The second-order valence-corrected chi connectivity index (χ2v) is 7.18. The molecule has 7 heteroatoms. The van der Waals surface area contributed by atoms with Crippen LogP contribution in [0.5, 0.6) is 0 Å². The highest BCUT2D eigenvalue weighted by molar-refractivity contribution is 7.11. The normalized spacial score (nSPS) is 21.9. The fraction of sp³-hybridized carbons (Fsp3) is 0.714. The lowest BCUT2D eigenvalue weighted by atomic mass is 9.90. The Balaban J connectivity index is 0.00000200. The molecule has 1 saturated heterocycles. The fourth-order valence-electron chi connectivity index (χ4n) is 2.36. The monoisotopic (exact) mass is 353 g/mol. The van der Waals surface area contributed by atoms with Crippen LogP contribution in [0.4, 0.5) is 0 Å². The van der Waals surface area contributed by atoms with Crippen molar-refractivity contribution < 1.29 is 4.79 Å². The van der Waals surface area contributed by atoms with E-state index in [4.69, 9.17) is 0 Å². The summed E-state index contributed by atoms with van der Waals surface area (Å²) in [6, 6.07) is 0.219. The van der Waals surface area contributed by atoms with Crippen LogP contribution >= 0.6 is 36.2 Å². The van der Waals surface area contributed by atoms with E-state index < -0.39 is 0 Å². The van der Waals surface area contributed by atoms with Crippen molar-refractivity contribution in [3.05, 3.63) is 16.1 Å². The van der Waals surface area contributed by atoms with Crippen LogP contribution in [0, 0.1) is 5.92 Å². The molecule has 1 amide bonds. The molecule has 0 spiro atoms. The van der Waals surface area contributed by atoms with Crippen LogP contribution in [0.15, 0.2) is 5.51 Å². The summed E-state index contributed by atoms with van der Waals surface area (Å²) in [7, 11) is 0. The molecule has 21 heavy (non-hydrogen) atoms. The minimum Gasteiger partial charge on any atom is -0.347 e. The zero-order chi connectivity index (χ0) is 14.0. The topological polar surface area (TPSA) is 54.0 Å². The standard InChI is InChI=1S/C14H23N3OS.2ClH/c1-9-5-6-15-7-10(9)17-13(18)11-12(14(2,3)4)16-8-19-11;;/h8-10,15H,5-7H2,1-4H3,(H,17,18);2*1H. The lowest BCUT2D eigenvalue weighted by Crippen LogP contribution is -2.50. The van der Waals surface area contributed by atoms with E-state index in [1.165, 1.54) is 11.3 Å². The maximum Gasteiger partial charge on any atom is 0.263 e. The molecule has 4 nitrogen and oxygen atoms in total. The summed E-state index contributed by atoms with van der Waals surface area (Å²) in [5, 5.41) is 6.49. The predicted octanol–water partition coefficient (Wildman–Crippen LogP) is 3.01.